The van der Waals surface area contributed by atoms with Gasteiger partial charge in [-0.05, 0) is 31.2 Å². The fourth-order valence-corrected chi connectivity index (χ4v) is 2.70. The van der Waals surface area contributed by atoms with Crippen molar-refractivity contribution in [3.05, 3.63) is 59.1 Å². The topological polar surface area (TPSA) is 60.4 Å². The molecule has 0 N–H and O–H groups in total. The van der Waals surface area contributed by atoms with Crippen molar-refractivity contribution >= 4 is 27.5 Å². The van der Waals surface area contributed by atoms with Crippen LogP contribution < -0.4 is 4.18 Å². The van der Waals surface area contributed by atoms with Gasteiger partial charge in [0.05, 0.1) is 5.02 Å². The number of carbonyl (C=O) groups excluding carboxylic acids is 1. The van der Waals surface area contributed by atoms with Gasteiger partial charge in [-0.2, -0.15) is 8.42 Å². The minimum absolute atomic E-state index is 0.0394. The number of Topliss-reactive ketones (excluding diaryl/α,β-unsaturated/α-hetero) is 1. The van der Waals surface area contributed by atoms with E-state index in [9.17, 15) is 13.2 Å². The van der Waals surface area contributed by atoms with E-state index >= 15 is 0 Å². The molecule has 0 spiro atoms. The quantitative estimate of drug-likeness (QED) is 0.642. The molecule has 0 aliphatic heterocycles. The first-order valence-electron chi connectivity index (χ1n) is 5.70. The van der Waals surface area contributed by atoms with Crippen LogP contribution in [0.5, 0.6) is 5.75 Å². The summed E-state index contributed by atoms with van der Waals surface area (Å²) in [7, 11) is -3.97. The van der Waals surface area contributed by atoms with Crippen molar-refractivity contribution in [3.8, 4) is 5.75 Å². The minimum atomic E-state index is -3.97. The second-order valence-electron chi connectivity index (χ2n) is 4.05. The SMILES string of the molecule is CC(=O)c1ccc(S(=O)(=O)Oc2ccccc2Cl)cc1. The van der Waals surface area contributed by atoms with Crippen molar-refractivity contribution in [3.63, 3.8) is 0 Å². The third kappa shape index (κ3) is 3.18. The molecular formula is C14H11ClO4S. The molecule has 0 aliphatic carbocycles. The van der Waals surface area contributed by atoms with Gasteiger partial charge in [0.25, 0.3) is 0 Å². The number of hydrogen-bond acceptors (Lipinski definition) is 4. The fourth-order valence-electron chi connectivity index (χ4n) is 1.53. The van der Waals surface area contributed by atoms with E-state index in [1.54, 1.807) is 12.1 Å². The van der Waals surface area contributed by atoms with E-state index in [0.29, 0.717) is 5.56 Å². The van der Waals surface area contributed by atoms with Crippen LogP contribution in [-0.4, -0.2) is 14.2 Å². The van der Waals surface area contributed by atoms with Crippen molar-refractivity contribution < 1.29 is 17.4 Å². The molecule has 6 heteroatoms. The molecule has 0 radical (unpaired) electrons. The summed E-state index contributed by atoms with van der Waals surface area (Å²) in [5.41, 5.74) is 0.432. The first-order valence-corrected chi connectivity index (χ1v) is 7.49. The molecule has 4 nitrogen and oxygen atoms in total. The highest BCUT2D eigenvalue weighted by atomic mass is 35.5. The summed E-state index contributed by atoms with van der Waals surface area (Å²) >= 11 is 5.85. The van der Waals surface area contributed by atoms with Gasteiger partial charge in [0.15, 0.2) is 11.5 Å². The van der Waals surface area contributed by atoms with Crippen molar-refractivity contribution in [1.29, 1.82) is 0 Å². The van der Waals surface area contributed by atoms with Gasteiger partial charge in [-0.15, -0.1) is 0 Å². The van der Waals surface area contributed by atoms with Gasteiger partial charge in [0.1, 0.15) is 4.90 Å². The summed E-state index contributed by atoms with van der Waals surface area (Å²) in [4.78, 5) is 11.1. The second kappa shape index (κ2) is 5.64. The molecule has 2 aromatic carbocycles. The molecule has 0 fully saturated rings. The van der Waals surface area contributed by atoms with E-state index < -0.39 is 10.1 Å². The summed E-state index contributed by atoms with van der Waals surface area (Å²) < 4.78 is 29.1. The predicted octanol–water partition coefficient (Wildman–Crippen LogP) is 3.31. The molecule has 0 aromatic heterocycles. The highest BCUT2D eigenvalue weighted by Crippen LogP contribution is 2.26. The molecule has 0 bridgehead atoms. The van der Waals surface area contributed by atoms with E-state index in [1.165, 1.54) is 43.3 Å². The average Bonchev–Trinajstić information content (AvgIpc) is 2.41. The molecule has 0 amide bonds. The molecule has 0 saturated carbocycles. The van der Waals surface area contributed by atoms with Crippen LogP contribution >= 0.6 is 11.6 Å². The van der Waals surface area contributed by atoms with Crippen LogP contribution in [0.15, 0.2) is 53.4 Å². The summed E-state index contributed by atoms with van der Waals surface area (Å²) in [6.45, 7) is 1.41. The summed E-state index contributed by atoms with van der Waals surface area (Å²) in [5, 5.41) is 0.205. The molecule has 2 rings (SSSR count). The Labute approximate surface area is 122 Å². The van der Waals surface area contributed by atoms with Crippen LogP contribution in [0.2, 0.25) is 5.02 Å². The lowest BCUT2D eigenvalue weighted by Crippen LogP contribution is -2.10. The molecule has 0 saturated heterocycles. The smallest absolute Gasteiger partial charge is 0.339 e. The largest absolute Gasteiger partial charge is 0.377 e. The minimum Gasteiger partial charge on any atom is -0.377 e. The second-order valence-corrected chi connectivity index (χ2v) is 6.00. The summed E-state index contributed by atoms with van der Waals surface area (Å²) in [6, 6.07) is 11.8. The fraction of sp³-hybridized carbons (Fsp3) is 0.0714. The number of benzene rings is 2. The Morgan fingerprint density at radius 3 is 2.20 bits per heavy atom. The average molecular weight is 311 g/mol. The maximum Gasteiger partial charge on any atom is 0.339 e. The Kier molecular flexibility index (Phi) is 4.11. The van der Waals surface area contributed by atoms with Gasteiger partial charge in [0.2, 0.25) is 0 Å². The third-order valence-corrected chi connectivity index (χ3v) is 4.15. The zero-order valence-corrected chi connectivity index (χ0v) is 12.1. The number of hydrogen-bond donors (Lipinski definition) is 0. The molecule has 2 aromatic rings. The zero-order valence-electron chi connectivity index (χ0n) is 10.5. The summed E-state index contributed by atoms with van der Waals surface area (Å²) in [6.07, 6.45) is 0. The lowest BCUT2D eigenvalue weighted by Gasteiger charge is -2.08. The zero-order chi connectivity index (χ0) is 14.8. The lowest BCUT2D eigenvalue weighted by molar-refractivity contribution is 0.101. The first kappa shape index (κ1) is 14.6. The monoisotopic (exact) mass is 310 g/mol. The number of para-hydroxylation sites is 1. The van der Waals surface area contributed by atoms with E-state index in [0.717, 1.165) is 0 Å². The van der Waals surface area contributed by atoms with E-state index in [-0.39, 0.29) is 21.5 Å². The van der Waals surface area contributed by atoms with Gasteiger partial charge in [0, 0.05) is 5.56 Å². The van der Waals surface area contributed by atoms with Crippen molar-refractivity contribution in [2.45, 2.75) is 11.8 Å². The number of ketones is 1. The number of halogens is 1. The van der Waals surface area contributed by atoms with Crippen LogP contribution in [0.25, 0.3) is 0 Å². The van der Waals surface area contributed by atoms with Gasteiger partial charge in [-0.3, -0.25) is 4.79 Å². The third-order valence-electron chi connectivity index (χ3n) is 2.59. The maximum absolute atomic E-state index is 12.1. The molecule has 20 heavy (non-hydrogen) atoms. The lowest BCUT2D eigenvalue weighted by atomic mass is 10.2. The standard InChI is InChI=1S/C14H11ClO4S/c1-10(16)11-6-8-12(9-7-11)20(17,18)19-14-5-3-2-4-13(14)15/h2-9H,1H3. The van der Waals surface area contributed by atoms with Crippen molar-refractivity contribution in [2.24, 2.45) is 0 Å². The molecule has 0 unspecified atom stereocenters. The molecule has 0 atom stereocenters. The summed E-state index contributed by atoms with van der Waals surface area (Å²) in [5.74, 6) is -0.0780. The highest BCUT2D eigenvalue weighted by Gasteiger charge is 2.18. The predicted molar refractivity (Wildman–Crippen MR) is 75.7 cm³/mol. The Morgan fingerprint density at radius 2 is 1.65 bits per heavy atom. The molecule has 0 heterocycles. The first-order chi connectivity index (χ1) is 9.40. The van der Waals surface area contributed by atoms with Gasteiger partial charge in [-0.1, -0.05) is 35.9 Å². The van der Waals surface area contributed by atoms with E-state index in [4.69, 9.17) is 15.8 Å². The molecule has 0 aliphatic rings. The normalized spacial score (nSPS) is 11.1. The highest BCUT2D eigenvalue weighted by molar-refractivity contribution is 7.87. The van der Waals surface area contributed by atoms with E-state index in [2.05, 4.69) is 0 Å². The molecule has 104 valence electrons. The van der Waals surface area contributed by atoms with Gasteiger partial charge in [-0.25, -0.2) is 0 Å². The van der Waals surface area contributed by atoms with Crippen LogP contribution in [0, 0.1) is 0 Å². The number of carbonyl (C=O) groups is 1. The van der Waals surface area contributed by atoms with Gasteiger partial charge < -0.3 is 4.18 Å². The Morgan fingerprint density at radius 1 is 1.05 bits per heavy atom. The Balaban J connectivity index is 2.31. The molecular weight excluding hydrogens is 300 g/mol. The maximum atomic E-state index is 12.1. The van der Waals surface area contributed by atoms with Crippen LogP contribution in [0.1, 0.15) is 17.3 Å². The number of rotatable bonds is 4. The van der Waals surface area contributed by atoms with Crippen molar-refractivity contribution in [1.82, 2.24) is 0 Å². The van der Waals surface area contributed by atoms with Crippen LogP contribution in [0.3, 0.4) is 0 Å². The van der Waals surface area contributed by atoms with Gasteiger partial charge >= 0.3 is 10.1 Å². The Bertz CT molecular complexity index is 736. The van der Waals surface area contributed by atoms with E-state index in [1.807, 2.05) is 0 Å². The van der Waals surface area contributed by atoms with Crippen LogP contribution in [0.4, 0.5) is 0 Å². The van der Waals surface area contributed by atoms with Crippen LogP contribution in [-0.2, 0) is 10.1 Å². The Hall–Kier alpha value is -1.85. The van der Waals surface area contributed by atoms with Crippen molar-refractivity contribution in [2.75, 3.05) is 0 Å².